The highest BCUT2D eigenvalue weighted by atomic mass is 16.6. The first-order valence-electron chi connectivity index (χ1n) is 5.51. The number of hydrogen-bond acceptors (Lipinski definition) is 7. The van der Waals surface area contributed by atoms with E-state index in [9.17, 15) is 19.8 Å². The Morgan fingerprint density at radius 3 is 2.63 bits per heavy atom. The van der Waals surface area contributed by atoms with Crippen molar-refractivity contribution < 1.29 is 24.8 Å². The van der Waals surface area contributed by atoms with E-state index in [1.807, 2.05) is 4.98 Å². The number of nitrogens with one attached hydrogen (secondary N) is 1. The molecule has 4 atom stereocenters. The molecule has 1 aromatic rings. The number of hydrogen-bond donors (Lipinski definition) is 4. The molecule has 0 bridgehead atoms. The molecule has 9 nitrogen and oxygen atoms in total. The molecule has 2 heterocycles. The molecule has 1 aliphatic rings. The normalized spacial score (nSPS) is 30.5. The number of aliphatic hydroxyl groups excluding tert-OH is 3. The lowest BCUT2D eigenvalue weighted by Crippen LogP contribution is -2.38. The van der Waals surface area contributed by atoms with Gasteiger partial charge in [0.25, 0.3) is 5.56 Å². The third-order valence-electron chi connectivity index (χ3n) is 2.95. The molecule has 0 aliphatic carbocycles. The molecule has 0 aromatic carbocycles. The van der Waals surface area contributed by atoms with E-state index in [1.165, 1.54) is 7.11 Å². The number of aliphatic hydroxyl groups is 3. The summed E-state index contributed by atoms with van der Waals surface area (Å²) >= 11 is 0. The lowest BCUT2D eigenvalue weighted by atomic mass is 10.1. The summed E-state index contributed by atoms with van der Waals surface area (Å²) in [6.45, 7) is -0.510. The first kappa shape index (κ1) is 13.7. The smallest absolute Gasteiger partial charge is 0.330 e. The van der Waals surface area contributed by atoms with Crippen molar-refractivity contribution in [2.24, 2.45) is 0 Å². The van der Waals surface area contributed by atoms with Gasteiger partial charge in [0.05, 0.1) is 19.9 Å². The minimum Gasteiger partial charge on any atom is -0.490 e. The van der Waals surface area contributed by atoms with Gasteiger partial charge >= 0.3 is 5.69 Å². The van der Waals surface area contributed by atoms with Gasteiger partial charge in [-0.05, 0) is 0 Å². The van der Waals surface area contributed by atoms with Crippen LogP contribution in [0.15, 0.2) is 15.8 Å². The Hall–Kier alpha value is -1.68. The molecule has 1 saturated heterocycles. The van der Waals surface area contributed by atoms with Crippen molar-refractivity contribution in [1.82, 2.24) is 9.55 Å². The van der Waals surface area contributed by atoms with Crippen LogP contribution in [0.3, 0.4) is 0 Å². The minimum absolute atomic E-state index is 0.141. The van der Waals surface area contributed by atoms with Gasteiger partial charge in [-0.1, -0.05) is 0 Å². The maximum Gasteiger partial charge on any atom is 0.330 e. The molecule has 0 amide bonds. The van der Waals surface area contributed by atoms with Crippen molar-refractivity contribution in [3.63, 3.8) is 0 Å². The van der Waals surface area contributed by atoms with Crippen LogP contribution in [0.25, 0.3) is 0 Å². The molecule has 4 N–H and O–H groups in total. The molecule has 0 unspecified atom stereocenters. The Morgan fingerprint density at radius 1 is 1.42 bits per heavy atom. The van der Waals surface area contributed by atoms with Crippen molar-refractivity contribution in [3.05, 3.63) is 27.0 Å². The Balaban J connectivity index is 2.43. The monoisotopic (exact) mass is 274 g/mol. The molecule has 9 heteroatoms. The van der Waals surface area contributed by atoms with Crippen molar-refractivity contribution in [2.45, 2.75) is 24.5 Å². The molecule has 106 valence electrons. The van der Waals surface area contributed by atoms with Crippen molar-refractivity contribution in [3.8, 4) is 5.75 Å². The predicted molar refractivity (Wildman–Crippen MR) is 60.9 cm³/mol. The fourth-order valence-corrected chi connectivity index (χ4v) is 1.91. The van der Waals surface area contributed by atoms with Gasteiger partial charge in [0.1, 0.15) is 18.3 Å². The third-order valence-corrected chi connectivity index (χ3v) is 2.95. The SMILES string of the molecule is COc1cn([C@@H]2O[C@@H](CO)[C@@H](O)[C@H]2O)c(=O)[nH]c1=O. The molecule has 1 aliphatic heterocycles. The first-order chi connectivity index (χ1) is 8.99. The van der Waals surface area contributed by atoms with Crippen LogP contribution < -0.4 is 16.0 Å². The van der Waals surface area contributed by atoms with Crippen LogP contribution in [-0.2, 0) is 4.74 Å². The van der Waals surface area contributed by atoms with Crippen molar-refractivity contribution in [2.75, 3.05) is 13.7 Å². The fraction of sp³-hybridized carbons (Fsp3) is 0.600. The van der Waals surface area contributed by atoms with E-state index in [0.717, 1.165) is 10.8 Å². The molecule has 0 radical (unpaired) electrons. The average Bonchev–Trinajstić information content (AvgIpc) is 2.67. The second-order valence-corrected chi connectivity index (χ2v) is 4.09. The van der Waals surface area contributed by atoms with E-state index in [-0.39, 0.29) is 5.75 Å². The van der Waals surface area contributed by atoms with Gasteiger partial charge in [0.15, 0.2) is 6.23 Å². The van der Waals surface area contributed by atoms with E-state index in [4.69, 9.17) is 14.6 Å². The maximum atomic E-state index is 11.7. The molecular formula is C10H14N2O7. The Labute approximate surface area is 106 Å². The van der Waals surface area contributed by atoms with Crippen molar-refractivity contribution >= 4 is 0 Å². The highest BCUT2D eigenvalue weighted by molar-refractivity contribution is 5.12. The topological polar surface area (TPSA) is 134 Å². The highest BCUT2D eigenvalue weighted by Gasteiger charge is 2.43. The van der Waals surface area contributed by atoms with Crippen LogP contribution >= 0.6 is 0 Å². The lowest BCUT2D eigenvalue weighted by molar-refractivity contribution is -0.0552. The van der Waals surface area contributed by atoms with Gasteiger partial charge in [0.2, 0.25) is 5.75 Å². The summed E-state index contributed by atoms with van der Waals surface area (Å²) in [7, 11) is 1.25. The second-order valence-electron chi connectivity index (χ2n) is 4.09. The van der Waals surface area contributed by atoms with Gasteiger partial charge in [-0.2, -0.15) is 0 Å². The zero-order valence-electron chi connectivity index (χ0n) is 10.0. The molecule has 2 rings (SSSR count). The summed E-state index contributed by atoms with van der Waals surface area (Å²) in [6.07, 6.45) is -3.90. The summed E-state index contributed by atoms with van der Waals surface area (Å²) in [5.74, 6) is -0.141. The van der Waals surface area contributed by atoms with Gasteiger partial charge in [-0.3, -0.25) is 14.3 Å². The van der Waals surface area contributed by atoms with E-state index in [1.54, 1.807) is 0 Å². The van der Waals surface area contributed by atoms with E-state index < -0.39 is 42.4 Å². The standard InChI is InChI=1S/C10H14N2O7/c1-18-4-2-12(10(17)11-8(4)16)9-7(15)6(14)5(3-13)19-9/h2,5-7,9,13-15H,3H2,1H3,(H,11,16,17)/t5-,6+,7+,9+/m0/s1. The third kappa shape index (κ3) is 2.28. The average molecular weight is 274 g/mol. The molecule has 19 heavy (non-hydrogen) atoms. The van der Waals surface area contributed by atoms with Crippen LogP contribution in [0.2, 0.25) is 0 Å². The van der Waals surface area contributed by atoms with Crippen LogP contribution in [0.4, 0.5) is 0 Å². The number of nitrogens with zero attached hydrogens (tertiary/aromatic N) is 1. The Morgan fingerprint density at radius 2 is 2.11 bits per heavy atom. The van der Waals surface area contributed by atoms with Crippen LogP contribution in [-0.4, -0.2) is 56.9 Å². The Kier molecular flexibility index (Phi) is 3.71. The van der Waals surface area contributed by atoms with E-state index >= 15 is 0 Å². The molecular weight excluding hydrogens is 260 g/mol. The number of aromatic amines is 1. The summed E-state index contributed by atoms with van der Waals surface area (Å²) in [5.41, 5.74) is -1.53. The van der Waals surface area contributed by atoms with Gasteiger partial charge in [0, 0.05) is 0 Å². The van der Waals surface area contributed by atoms with Crippen LogP contribution in [0, 0.1) is 0 Å². The fourth-order valence-electron chi connectivity index (χ4n) is 1.91. The molecule has 0 spiro atoms. The summed E-state index contributed by atoms with van der Waals surface area (Å²) in [4.78, 5) is 25.0. The number of H-pyrrole nitrogens is 1. The number of aromatic nitrogens is 2. The zero-order valence-corrected chi connectivity index (χ0v) is 10.0. The van der Waals surface area contributed by atoms with Crippen LogP contribution in [0.5, 0.6) is 5.75 Å². The van der Waals surface area contributed by atoms with Crippen LogP contribution in [0.1, 0.15) is 6.23 Å². The second kappa shape index (κ2) is 5.13. The number of rotatable bonds is 3. The molecule has 0 saturated carbocycles. The van der Waals surface area contributed by atoms with Gasteiger partial charge in [-0.15, -0.1) is 0 Å². The molecule has 1 fully saturated rings. The quantitative estimate of drug-likeness (QED) is 0.466. The van der Waals surface area contributed by atoms with E-state index in [2.05, 4.69) is 0 Å². The minimum atomic E-state index is -1.41. The molecule has 1 aromatic heterocycles. The highest BCUT2D eigenvalue weighted by Crippen LogP contribution is 2.28. The first-order valence-corrected chi connectivity index (χ1v) is 5.51. The summed E-state index contributed by atoms with van der Waals surface area (Å²) in [5, 5.41) is 28.4. The van der Waals surface area contributed by atoms with Gasteiger partial charge < -0.3 is 24.8 Å². The van der Waals surface area contributed by atoms with E-state index in [0.29, 0.717) is 0 Å². The number of ether oxygens (including phenoxy) is 2. The zero-order chi connectivity index (χ0) is 14.2. The summed E-state index contributed by atoms with van der Waals surface area (Å²) < 4.78 is 10.8. The largest absolute Gasteiger partial charge is 0.490 e. The van der Waals surface area contributed by atoms with Crippen molar-refractivity contribution in [1.29, 1.82) is 0 Å². The predicted octanol–water partition coefficient (Wildman–Crippen LogP) is -2.84. The lowest BCUT2D eigenvalue weighted by Gasteiger charge is -2.17. The maximum absolute atomic E-state index is 11.7. The summed E-state index contributed by atoms with van der Waals surface area (Å²) in [6, 6.07) is 0. The Bertz CT molecular complexity index is 566. The number of methoxy groups -OCH3 is 1. The van der Waals surface area contributed by atoms with Gasteiger partial charge in [-0.25, -0.2) is 4.79 Å².